The van der Waals surface area contributed by atoms with Crippen LogP contribution in [0.3, 0.4) is 0 Å². The molecule has 0 saturated carbocycles. The molecular formula is C16H16N2OS. The maximum Gasteiger partial charge on any atom is 0.125 e. The van der Waals surface area contributed by atoms with Gasteiger partial charge in [0, 0.05) is 17.1 Å². The number of nitrogens with one attached hydrogen (secondary N) is 1. The third-order valence-corrected chi connectivity index (χ3v) is 4.14. The van der Waals surface area contributed by atoms with E-state index in [2.05, 4.69) is 17.4 Å². The third-order valence-electron chi connectivity index (χ3n) is 3.21. The Hall–Kier alpha value is -2.04. The molecule has 0 aliphatic carbocycles. The Bertz CT molecular complexity index is 646. The first-order valence-electron chi connectivity index (χ1n) is 6.48. The predicted octanol–water partition coefficient (Wildman–Crippen LogP) is 3.80. The second kappa shape index (κ2) is 5.94. The molecule has 0 aliphatic rings. The van der Waals surface area contributed by atoms with Crippen molar-refractivity contribution in [2.75, 3.05) is 5.73 Å². The maximum atomic E-state index is 5.93. The molecule has 102 valence electrons. The highest BCUT2D eigenvalue weighted by molar-refractivity contribution is 7.10. The fourth-order valence-electron chi connectivity index (χ4n) is 2.17. The van der Waals surface area contributed by atoms with Crippen LogP contribution >= 0.6 is 11.3 Å². The van der Waals surface area contributed by atoms with Gasteiger partial charge in [-0.1, -0.05) is 30.3 Å². The third kappa shape index (κ3) is 2.76. The number of anilines is 1. The van der Waals surface area contributed by atoms with Gasteiger partial charge in [0.25, 0.3) is 0 Å². The lowest BCUT2D eigenvalue weighted by Gasteiger charge is -2.17. The van der Waals surface area contributed by atoms with Crippen molar-refractivity contribution in [3.8, 4) is 0 Å². The minimum absolute atomic E-state index is 0.0349. The van der Waals surface area contributed by atoms with Crippen LogP contribution in [-0.4, -0.2) is 0 Å². The Balaban J connectivity index is 1.82. The molecule has 2 heterocycles. The summed E-state index contributed by atoms with van der Waals surface area (Å²) in [7, 11) is 0. The van der Waals surface area contributed by atoms with Gasteiger partial charge in [0.15, 0.2) is 0 Å². The minimum atomic E-state index is 0.0349. The van der Waals surface area contributed by atoms with Gasteiger partial charge in [-0.3, -0.25) is 5.32 Å². The minimum Gasteiger partial charge on any atom is -0.467 e. The zero-order valence-electron chi connectivity index (χ0n) is 11.0. The summed E-state index contributed by atoms with van der Waals surface area (Å²) in [6, 6.07) is 16.1. The molecule has 20 heavy (non-hydrogen) atoms. The molecule has 0 saturated heterocycles. The maximum absolute atomic E-state index is 5.93. The Morgan fingerprint density at radius 1 is 1.10 bits per heavy atom. The van der Waals surface area contributed by atoms with Crippen LogP contribution in [0.25, 0.3) is 0 Å². The fourth-order valence-corrected chi connectivity index (χ4v) is 2.92. The van der Waals surface area contributed by atoms with Crippen molar-refractivity contribution in [2.45, 2.75) is 12.6 Å². The lowest BCUT2D eigenvalue weighted by atomic mass is 10.0. The Labute approximate surface area is 122 Å². The molecule has 0 spiro atoms. The molecule has 1 aromatic carbocycles. The van der Waals surface area contributed by atoms with Gasteiger partial charge < -0.3 is 10.2 Å². The summed E-state index contributed by atoms with van der Waals surface area (Å²) in [5.41, 5.74) is 7.95. The van der Waals surface area contributed by atoms with Gasteiger partial charge >= 0.3 is 0 Å². The summed E-state index contributed by atoms with van der Waals surface area (Å²) < 4.78 is 5.56. The predicted molar refractivity (Wildman–Crippen MR) is 82.6 cm³/mol. The summed E-state index contributed by atoms with van der Waals surface area (Å²) in [5, 5.41) is 5.53. The topological polar surface area (TPSA) is 51.2 Å². The number of hydrogen-bond acceptors (Lipinski definition) is 4. The van der Waals surface area contributed by atoms with Crippen molar-refractivity contribution < 1.29 is 4.42 Å². The Morgan fingerprint density at radius 3 is 2.60 bits per heavy atom. The van der Waals surface area contributed by atoms with E-state index < -0.39 is 0 Å². The van der Waals surface area contributed by atoms with E-state index in [1.54, 1.807) is 17.6 Å². The van der Waals surface area contributed by atoms with Gasteiger partial charge in [0.1, 0.15) is 5.76 Å². The lowest BCUT2D eigenvalue weighted by Crippen LogP contribution is -2.21. The molecule has 4 heteroatoms. The summed E-state index contributed by atoms with van der Waals surface area (Å²) >= 11 is 1.67. The van der Waals surface area contributed by atoms with E-state index >= 15 is 0 Å². The monoisotopic (exact) mass is 284 g/mol. The first kappa shape index (κ1) is 13.0. The average molecular weight is 284 g/mol. The standard InChI is InChI=1S/C16H16N2OS/c17-13-8-10-20-15(13)11-18-16(14-7-4-9-19-14)12-5-2-1-3-6-12/h1-10,16,18H,11,17H2. The first-order valence-corrected chi connectivity index (χ1v) is 7.36. The number of thiophene rings is 1. The van der Waals surface area contributed by atoms with E-state index in [0.717, 1.165) is 22.9 Å². The summed E-state index contributed by atoms with van der Waals surface area (Å²) in [6.45, 7) is 0.726. The highest BCUT2D eigenvalue weighted by Gasteiger charge is 2.16. The molecule has 3 aromatic rings. The van der Waals surface area contributed by atoms with E-state index in [1.165, 1.54) is 5.56 Å². The number of rotatable bonds is 5. The zero-order valence-corrected chi connectivity index (χ0v) is 11.8. The molecule has 0 bridgehead atoms. The Kier molecular flexibility index (Phi) is 3.85. The van der Waals surface area contributed by atoms with Crippen molar-refractivity contribution in [1.29, 1.82) is 0 Å². The van der Waals surface area contributed by atoms with Gasteiger partial charge in [0.2, 0.25) is 0 Å². The van der Waals surface area contributed by atoms with Crippen molar-refractivity contribution in [3.05, 3.63) is 76.4 Å². The van der Waals surface area contributed by atoms with E-state index in [-0.39, 0.29) is 6.04 Å². The molecule has 0 amide bonds. The smallest absolute Gasteiger partial charge is 0.125 e. The molecule has 3 N–H and O–H groups in total. The van der Waals surface area contributed by atoms with Crippen molar-refractivity contribution in [3.63, 3.8) is 0 Å². The van der Waals surface area contributed by atoms with Gasteiger partial charge in [0.05, 0.1) is 12.3 Å². The quantitative estimate of drug-likeness (QED) is 0.749. The van der Waals surface area contributed by atoms with Gasteiger partial charge in [-0.05, 0) is 29.1 Å². The van der Waals surface area contributed by atoms with E-state index in [1.807, 2.05) is 41.8 Å². The second-order valence-corrected chi connectivity index (χ2v) is 5.54. The molecule has 3 nitrogen and oxygen atoms in total. The van der Waals surface area contributed by atoms with Crippen molar-refractivity contribution in [1.82, 2.24) is 5.32 Å². The molecule has 2 aromatic heterocycles. The highest BCUT2D eigenvalue weighted by Crippen LogP contribution is 2.25. The van der Waals surface area contributed by atoms with Crippen LogP contribution in [0.5, 0.6) is 0 Å². The van der Waals surface area contributed by atoms with Crippen LogP contribution in [0, 0.1) is 0 Å². The molecule has 1 unspecified atom stereocenters. The van der Waals surface area contributed by atoms with Gasteiger partial charge in [-0.2, -0.15) is 0 Å². The van der Waals surface area contributed by atoms with E-state index in [0.29, 0.717) is 0 Å². The Morgan fingerprint density at radius 2 is 1.95 bits per heavy atom. The lowest BCUT2D eigenvalue weighted by molar-refractivity contribution is 0.447. The van der Waals surface area contributed by atoms with E-state index in [4.69, 9.17) is 10.2 Å². The van der Waals surface area contributed by atoms with Crippen molar-refractivity contribution in [2.24, 2.45) is 0 Å². The van der Waals surface area contributed by atoms with E-state index in [9.17, 15) is 0 Å². The molecule has 0 aliphatic heterocycles. The van der Waals surface area contributed by atoms with Crippen LogP contribution in [0.2, 0.25) is 0 Å². The largest absolute Gasteiger partial charge is 0.467 e. The summed E-state index contributed by atoms with van der Waals surface area (Å²) in [4.78, 5) is 1.15. The average Bonchev–Trinajstić information content (AvgIpc) is 3.13. The SMILES string of the molecule is Nc1ccsc1CNC(c1ccccc1)c1ccco1. The van der Waals surface area contributed by atoms with Gasteiger partial charge in [-0.25, -0.2) is 0 Å². The van der Waals surface area contributed by atoms with Crippen LogP contribution in [0.4, 0.5) is 5.69 Å². The zero-order chi connectivity index (χ0) is 13.8. The van der Waals surface area contributed by atoms with Crippen LogP contribution in [-0.2, 0) is 6.54 Å². The van der Waals surface area contributed by atoms with Gasteiger partial charge in [-0.15, -0.1) is 11.3 Å². The highest BCUT2D eigenvalue weighted by atomic mass is 32.1. The molecule has 3 rings (SSSR count). The molecule has 0 radical (unpaired) electrons. The number of hydrogen-bond donors (Lipinski definition) is 2. The van der Waals surface area contributed by atoms with Crippen LogP contribution in [0.15, 0.2) is 64.6 Å². The summed E-state index contributed by atoms with van der Waals surface area (Å²) in [6.07, 6.45) is 1.70. The molecule has 0 fully saturated rings. The van der Waals surface area contributed by atoms with Crippen molar-refractivity contribution >= 4 is 17.0 Å². The number of nitrogens with two attached hydrogens (primary N) is 1. The molecular weight excluding hydrogens is 268 g/mol. The number of benzene rings is 1. The first-order chi connectivity index (χ1) is 9.84. The number of furan rings is 1. The van der Waals surface area contributed by atoms with Crippen LogP contribution in [0.1, 0.15) is 22.2 Å². The normalized spacial score (nSPS) is 12.4. The van der Waals surface area contributed by atoms with Crippen LogP contribution < -0.4 is 11.1 Å². The number of nitrogen functional groups attached to an aromatic ring is 1. The summed E-state index contributed by atoms with van der Waals surface area (Å²) in [5.74, 6) is 0.909. The molecule has 1 atom stereocenters. The fraction of sp³-hybridized carbons (Fsp3) is 0.125. The second-order valence-electron chi connectivity index (χ2n) is 4.54.